The maximum Gasteiger partial charge on any atom is 0.213 e. The maximum atomic E-state index is 6.21. The fourth-order valence-electron chi connectivity index (χ4n) is 9.32. The third-order valence-corrected chi connectivity index (χ3v) is 13.1. The van der Waals surface area contributed by atoms with Gasteiger partial charge in [-0.2, -0.15) is 9.13 Å². The molecule has 4 heterocycles. The number of quaternary nitrogens is 2. The lowest BCUT2D eigenvalue weighted by molar-refractivity contribution is -0.891. The number of pyridine rings is 2. The second kappa shape index (κ2) is 19.1. The summed E-state index contributed by atoms with van der Waals surface area (Å²) >= 11 is 0. The van der Waals surface area contributed by atoms with Crippen LogP contribution in [0.25, 0.3) is 34.0 Å². The Bertz CT molecular complexity index is 2380. The van der Waals surface area contributed by atoms with Crippen molar-refractivity contribution in [3.05, 3.63) is 144 Å². The molecule has 0 atom stereocenters. The van der Waals surface area contributed by atoms with Crippen LogP contribution in [0.1, 0.15) is 62.5 Å². The highest BCUT2D eigenvalue weighted by Crippen LogP contribution is 2.39. The number of hydrogen-bond donors (Lipinski definition) is 0. The van der Waals surface area contributed by atoms with Crippen molar-refractivity contribution in [3.8, 4) is 11.5 Å². The third kappa shape index (κ3) is 10.1. The molecule has 2 aliphatic heterocycles. The van der Waals surface area contributed by atoms with Gasteiger partial charge >= 0.3 is 0 Å². The number of ether oxygens (including phenoxy) is 2. The molecule has 0 saturated heterocycles. The summed E-state index contributed by atoms with van der Waals surface area (Å²) in [4.78, 5) is 4.25. The second-order valence-corrected chi connectivity index (χ2v) is 18.8. The first-order valence-electron chi connectivity index (χ1n) is 23.0. The summed E-state index contributed by atoms with van der Waals surface area (Å²) in [7, 11) is 13.8. The van der Waals surface area contributed by atoms with Crippen LogP contribution in [-0.4, -0.2) is 77.4 Å². The summed E-state index contributed by atoms with van der Waals surface area (Å²) in [6.07, 6.45) is 18.9. The summed E-state index contributed by atoms with van der Waals surface area (Å²) in [6, 6.07) is 38.4. The summed E-state index contributed by atoms with van der Waals surface area (Å²) in [5, 5.41) is 2.51. The lowest BCUT2D eigenvalue weighted by Gasteiger charge is -2.30. The minimum absolute atomic E-state index is 0.857. The molecule has 2 aliphatic rings. The van der Waals surface area contributed by atoms with Crippen molar-refractivity contribution < 1.29 is 27.6 Å². The molecule has 8 nitrogen and oxygen atoms in total. The van der Waals surface area contributed by atoms with E-state index in [1.54, 1.807) is 0 Å². The van der Waals surface area contributed by atoms with Crippen molar-refractivity contribution in [2.24, 2.45) is 0 Å². The van der Waals surface area contributed by atoms with Gasteiger partial charge < -0.3 is 28.2 Å². The van der Waals surface area contributed by atoms with Gasteiger partial charge in [0.1, 0.15) is 13.1 Å². The number of para-hydroxylation sites is 6. The molecule has 8 rings (SSSR count). The SMILES string of the molecule is CN1/C(=C/c2cc[n+](CCCC[N+](C)(C)CCCCCC[N+](C)(C)CCCC[n+]3ccc(/C=C4/Oc5ccccc5N4C)c4ccccc43)c3ccccc23)Oc2ccccc21. The number of benzene rings is 4. The van der Waals surface area contributed by atoms with Gasteiger partial charge in [0.15, 0.2) is 23.9 Å². The Morgan fingerprint density at radius 3 is 1.24 bits per heavy atom. The van der Waals surface area contributed by atoms with Crippen LogP contribution in [0.2, 0.25) is 0 Å². The number of nitrogens with zero attached hydrogens (tertiary/aromatic N) is 6. The highest BCUT2D eigenvalue weighted by Gasteiger charge is 2.25. The number of anilines is 2. The lowest BCUT2D eigenvalue weighted by Crippen LogP contribution is -2.42. The van der Waals surface area contributed by atoms with Crippen LogP contribution >= 0.6 is 0 Å². The fourth-order valence-corrected chi connectivity index (χ4v) is 9.32. The van der Waals surface area contributed by atoms with Crippen LogP contribution in [-0.2, 0) is 13.1 Å². The van der Waals surface area contributed by atoms with E-state index in [1.807, 2.05) is 24.3 Å². The summed E-state index contributed by atoms with van der Waals surface area (Å²) in [5.74, 6) is 3.53. The summed E-state index contributed by atoms with van der Waals surface area (Å²) in [6.45, 7) is 6.99. The number of aromatic nitrogens is 2. The Labute approximate surface area is 370 Å². The molecule has 0 radical (unpaired) electrons. The average molecular weight is 833 g/mol. The van der Waals surface area contributed by atoms with Gasteiger partial charge in [0, 0.05) is 76.2 Å². The van der Waals surface area contributed by atoms with E-state index < -0.39 is 0 Å². The highest BCUT2D eigenvalue weighted by atomic mass is 16.5. The van der Waals surface area contributed by atoms with Gasteiger partial charge in [0.25, 0.3) is 0 Å². The minimum atomic E-state index is 0.857. The van der Waals surface area contributed by atoms with E-state index in [9.17, 15) is 0 Å². The van der Waals surface area contributed by atoms with Gasteiger partial charge in [-0.1, -0.05) is 48.5 Å². The summed E-state index contributed by atoms with van der Waals surface area (Å²) < 4.78 is 19.5. The first-order valence-corrected chi connectivity index (χ1v) is 23.0. The Balaban J connectivity index is 0.725. The first kappa shape index (κ1) is 43.0. The predicted octanol–water partition coefficient (Wildman–Crippen LogP) is 10.2. The van der Waals surface area contributed by atoms with Gasteiger partial charge in [0.05, 0.1) is 76.5 Å². The normalized spacial score (nSPS) is 15.1. The molecule has 62 heavy (non-hydrogen) atoms. The van der Waals surface area contributed by atoms with E-state index in [0.29, 0.717) is 0 Å². The van der Waals surface area contributed by atoms with Crippen LogP contribution in [0, 0.1) is 0 Å². The number of aryl methyl sites for hydroxylation is 2. The van der Waals surface area contributed by atoms with E-state index in [4.69, 9.17) is 9.47 Å². The van der Waals surface area contributed by atoms with Gasteiger partial charge in [-0.3, -0.25) is 0 Å². The van der Waals surface area contributed by atoms with Crippen molar-refractivity contribution in [2.45, 2.75) is 64.5 Å². The Hall–Kier alpha value is -5.70. The van der Waals surface area contributed by atoms with Crippen LogP contribution in [0.5, 0.6) is 11.5 Å². The quantitative estimate of drug-likeness (QED) is 0.0463. The van der Waals surface area contributed by atoms with Crippen LogP contribution in [0.3, 0.4) is 0 Å². The number of hydrogen-bond acceptors (Lipinski definition) is 4. The molecule has 0 spiro atoms. The zero-order valence-electron chi connectivity index (χ0n) is 38.1. The molecular weight excluding hydrogens is 765 g/mol. The van der Waals surface area contributed by atoms with E-state index in [0.717, 1.165) is 56.7 Å². The van der Waals surface area contributed by atoms with Gasteiger partial charge in [-0.25, -0.2) is 0 Å². The Kier molecular flexibility index (Phi) is 13.3. The molecule has 8 heteroatoms. The minimum Gasteiger partial charge on any atom is -0.439 e. The largest absolute Gasteiger partial charge is 0.439 e. The zero-order valence-corrected chi connectivity index (χ0v) is 38.1. The predicted molar refractivity (Wildman–Crippen MR) is 256 cm³/mol. The smallest absolute Gasteiger partial charge is 0.213 e. The topological polar surface area (TPSA) is 32.7 Å². The lowest BCUT2D eigenvalue weighted by atomic mass is 10.1. The highest BCUT2D eigenvalue weighted by molar-refractivity contribution is 5.88. The van der Waals surface area contributed by atoms with E-state index in [2.05, 4.69) is 171 Å². The molecule has 0 saturated carbocycles. The van der Waals surface area contributed by atoms with Crippen molar-refractivity contribution in [3.63, 3.8) is 0 Å². The molecule has 2 aromatic heterocycles. The zero-order chi connectivity index (χ0) is 43.1. The number of unbranched alkanes of at least 4 members (excludes halogenated alkanes) is 5. The van der Waals surface area contributed by atoms with E-state index in [-0.39, 0.29) is 0 Å². The average Bonchev–Trinajstić information content (AvgIpc) is 3.77. The van der Waals surface area contributed by atoms with Crippen LogP contribution < -0.4 is 28.4 Å². The maximum absolute atomic E-state index is 6.21. The standard InChI is InChI=1S/C54H68N6O2/c1-55-49-27-13-15-29-51(49)61-53(55)41-43-31-35-57(47-25-11-9-23-45(43)47)33-17-21-39-59(3,4)37-19-7-8-20-38-60(5,6)40-22-18-34-58-36-32-44(46-24-10-12-26-48(46)58)42-54-56(2)50-28-14-16-30-52(50)62-54/h9-16,23-32,35-36,41-42H,7-8,17-22,33-34,37-40H2,1-6H3/q+4. The fraction of sp³-hybridized carbons (Fsp3) is 0.370. The van der Waals surface area contributed by atoms with Crippen LogP contribution in [0.15, 0.2) is 133 Å². The molecule has 0 amide bonds. The monoisotopic (exact) mass is 833 g/mol. The molecule has 0 N–H and O–H groups in total. The Morgan fingerprint density at radius 2 is 0.823 bits per heavy atom. The van der Waals surface area contributed by atoms with Crippen molar-refractivity contribution in [1.82, 2.24) is 0 Å². The molecule has 6 aromatic rings. The van der Waals surface area contributed by atoms with Gasteiger partial charge in [0.2, 0.25) is 22.8 Å². The molecule has 4 aromatic carbocycles. The second-order valence-electron chi connectivity index (χ2n) is 18.8. The molecule has 322 valence electrons. The molecule has 0 fully saturated rings. The molecular formula is C54H68N6O2+4. The van der Waals surface area contributed by atoms with E-state index >= 15 is 0 Å². The Morgan fingerprint density at radius 1 is 0.452 bits per heavy atom. The van der Waals surface area contributed by atoms with Gasteiger partial charge in [-0.15, -0.1) is 0 Å². The third-order valence-electron chi connectivity index (χ3n) is 13.1. The van der Waals surface area contributed by atoms with Crippen molar-refractivity contribution in [1.29, 1.82) is 0 Å². The van der Waals surface area contributed by atoms with Crippen molar-refractivity contribution >= 4 is 45.3 Å². The van der Waals surface area contributed by atoms with E-state index in [1.165, 1.54) is 110 Å². The number of rotatable bonds is 19. The van der Waals surface area contributed by atoms with Gasteiger partial charge in [-0.05, 0) is 73.2 Å². The number of fused-ring (bicyclic) bond motifs is 4. The van der Waals surface area contributed by atoms with Crippen LogP contribution in [0.4, 0.5) is 11.4 Å². The molecule has 0 bridgehead atoms. The molecule has 0 aliphatic carbocycles. The first-order chi connectivity index (χ1) is 30.1. The molecule has 0 unspecified atom stereocenters. The van der Waals surface area contributed by atoms with Crippen molar-refractivity contribution in [2.75, 3.05) is 78.3 Å². The summed E-state index contributed by atoms with van der Waals surface area (Å²) in [5.41, 5.74) is 7.11.